The third-order valence-electron chi connectivity index (χ3n) is 6.65. The number of hydrogen-bond donors (Lipinski definition) is 0. The number of carbonyl (C=O) groups excluding carboxylic acids is 1. The Labute approximate surface area is 189 Å². The number of hydrogen-bond acceptors (Lipinski definition) is 6. The van der Waals surface area contributed by atoms with E-state index in [0.29, 0.717) is 18.7 Å². The Kier molecular flexibility index (Phi) is 5.88. The standard InChI is InChI=1S/C25H30N6O/c1-29(17-19-6-8-21(9-7-19)30-12-2-3-13-30)25(32)20-5-4-14-31(18-20)22-15-23-24(28-16-22)27-11-10-26-23/h6-11,15-16,20H,2-5,12-14,17-18H2,1H3/t20-/m1/s1. The maximum atomic E-state index is 13.2. The third kappa shape index (κ3) is 4.38. The molecule has 1 aromatic carbocycles. The molecule has 0 spiro atoms. The molecule has 5 rings (SSSR count). The highest BCUT2D eigenvalue weighted by atomic mass is 16.2. The second-order valence-electron chi connectivity index (χ2n) is 8.93. The maximum absolute atomic E-state index is 13.2. The first-order valence-electron chi connectivity index (χ1n) is 11.6. The predicted molar refractivity (Wildman–Crippen MR) is 127 cm³/mol. The minimum atomic E-state index is -0.00447. The average Bonchev–Trinajstić information content (AvgIpc) is 3.39. The van der Waals surface area contributed by atoms with Crippen molar-refractivity contribution in [3.63, 3.8) is 0 Å². The van der Waals surface area contributed by atoms with Crippen LogP contribution in [0.15, 0.2) is 48.9 Å². The summed E-state index contributed by atoms with van der Waals surface area (Å²) in [5.74, 6) is 0.210. The molecule has 2 aliphatic rings. The molecule has 0 bridgehead atoms. The number of anilines is 2. The van der Waals surface area contributed by atoms with Gasteiger partial charge < -0.3 is 14.7 Å². The summed E-state index contributed by atoms with van der Waals surface area (Å²) in [4.78, 5) is 32.8. The van der Waals surface area contributed by atoms with Gasteiger partial charge in [0.15, 0.2) is 5.65 Å². The molecule has 0 aliphatic carbocycles. The Hall–Kier alpha value is -3.22. The molecule has 0 saturated carbocycles. The van der Waals surface area contributed by atoms with Crippen LogP contribution in [0.3, 0.4) is 0 Å². The molecule has 2 fully saturated rings. The van der Waals surface area contributed by atoms with Gasteiger partial charge in [-0.05, 0) is 49.4 Å². The lowest BCUT2D eigenvalue weighted by Crippen LogP contribution is -2.43. The fraction of sp³-hybridized carbons (Fsp3) is 0.440. The van der Waals surface area contributed by atoms with Gasteiger partial charge in [-0.25, -0.2) is 9.97 Å². The summed E-state index contributed by atoms with van der Waals surface area (Å²) < 4.78 is 0. The van der Waals surface area contributed by atoms with E-state index in [4.69, 9.17) is 0 Å². The van der Waals surface area contributed by atoms with E-state index in [-0.39, 0.29) is 11.8 Å². The molecule has 2 saturated heterocycles. The minimum Gasteiger partial charge on any atom is -0.372 e. The summed E-state index contributed by atoms with van der Waals surface area (Å²) in [5, 5.41) is 0. The Morgan fingerprint density at radius 1 is 0.969 bits per heavy atom. The summed E-state index contributed by atoms with van der Waals surface area (Å²) in [6.45, 7) is 4.58. The number of carbonyl (C=O) groups is 1. The molecule has 7 nitrogen and oxygen atoms in total. The molecule has 3 aromatic rings. The summed E-state index contributed by atoms with van der Waals surface area (Å²) in [6, 6.07) is 10.7. The smallest absolute Gasteiger partial charge is 0.227 e. The van der Waals surface area contributed by atoms with E-state index in [1.165, 1.54) is 24.1 Å². The van der Waals surface area contributed by atoms with E-state index in [9.17, 15) is 4.79 Å². The first-order chi connectivity index (χ1) is 15.7. The second-order valence-corrected chi connectivity index (χ2v) is 8.93. The zero-order valence-corrected chi connectivity index (χ0v) is 18.7. The van der Waals surface area contributed by atoms with Crippen molar-refractivity contribution in [3.8, 4) is 0 Å². The number of nitrogens with zero attached hydrogens (tertiary/aromatic N) is 6. The molecule has 0 radical (unpaired) electrons. The lowest BCUT2D eigenvalue weighted by atomic mass is 9.96. The fourth-order valence-corrected chi connectivity index (χ4v) is 4.88. The number of amides is 1. The third-order valence-corrected chi connectivity index (χ3v) is 6.65. The highest BCUT2D eigenvalue weighted by Gasteiger charge is 2.28. The first kappa shape index (κ1) is 20.7. The Morgan fingerprint density at radius 3 is 2.53 bits per heavy atom. The van der Waals surface area contributed by atoms with Crippen molar-refractivity contribution >= 4 is 28.4 Å². The van der Waals surface area contributed by atoms with Crippen molar-refractivity contribution in [2.24, 2.45) is 5.92 Å². The average molecular weight is 431 g/mol. The quantitative estimate of drug-likeness (QED) is 0.617. The normalized spacial score (nSPS) is 18.8. The van der Waals surface area contributed by atoms with Crippen LogP contribution in [0.1, 0.15) is 31.2 Å². The van der Waals surface area contributed by atoms with Crippen LogP contribution >= 0.6 is 0 Å². The van der Waals surface area contributed by atoms with Crippen LogP contribution in [0.2, 0.25) is 0 Å². The van der Waals surface area contributed by atoms with Gasteiger partial charge in [-0.3, -0.25) is 9.78 Å². The zero-order valence-electron chi connectivity index (χ0n) is 18.7. The zero-order chi connectivity index (χ0) is 21.9. The number of pyridine rings is 1. The van der Waals surface area contributed by atoms with Gasteiger partial charge >= 0.3 is 0 Å². The van der Waals surface area contributed by atoms with Crippen molar-refractivity contribution in [2.45, 2.75) is 32.2 Å². The van der Waals surface area contributed by atoms with E-state index >= 15 is 0 Å². The Balaban J connectivity index is 1.22. The monoisotopic (exact) mass is 430 g/mol. The van der Waals surface area contributed by atoms with Crippen molar-refractivity contribution in [3.05, 3.63) is 54.5 Å². The number of piperidine rings is 1. The van der Waals surface area contributed by atoms with Gasteiger partial charge in [-0.15, -0.1) is 0 Å². The predicted octanol–water partition coefficient (Wildman–Crippen LogP) is 3.50. The lowest BCUT2D eigenvalue weighted by molar-refractivity contribution is -0.135. The van der Waals surface area contributed by atoms with E-state index < -0.39 is 0 Å². The van der Waals surface area contributed by atoms with Gasteiger partial charge in [-0.1, -0.05) is 12.1 Å². The molecule has 4 heterocycles. The first-order valence-corrected chi connectivity index (χ1v) is 11.6. The largest absolute Gasteiger partial charge is 0.372 e. The fourth-order valence-electron chi connectivity index (χ4n) is 4.88. The van der Waals surface area contributed by atoms with Crippen LogP contribution in [-0.4, -0.2) is 59.0 Å². The van der Waals surface area contributed by atoms with Crippen LogP contribution in [-0.2, 0) is 11.3 Å². The number of benzene rings is 1. The molecule has 2 aliphatic heterocycles. The second kappa shape index (κ2) is 9.10. The van der Waals surface area contributed by atoms with Gasteiger partial charge in [0.1, 0.15) is 5.52 Å². The van der Waals surface area contributed by atoms with Crippen molar-refractivity contribution < 1.29 is 4.79 Å². The Bertz CT molecular complexity index is 1080. The summed E-state index contributed by atoms with van der Waals surface area (Å²) in [6.07, 6.45) is 9.65. The van der Waals surface area contributed by atoms with Crippen LogP contribution in [0.25, 0.3) is 11.2 Å². The van der Waals surface area contributed by atoms with Gasteiger partial charge in [0.05, 0.1) is 17.8 Å². The van der Waals surface area contributed by atoms with E-state index in [0.717, 1.165) is 43.7 Å². The Morgan fingerprint density at radius 2 is 1.72 bits per heavy atom. The van der Waals surface area contributed by atoms with Crippen molar-refractivity contribution in [1.82, 2.24) is 19.9 Å². The van der Waals surface area contributed by atoms with E-state index in [1.807, 2.05) is 24.2 Å². The highest BCUT2D eigenvalue weighted by Crippen LogP contribution is 2.26. The van der Waals surface area contributed by atoms with Crippen molar-refractivity contribution in [2.75, 3.05) is 43.0 Å². The summed E-state index contributed by atoms with van der Waals surface area (Å²) in [7, 11) is 1.92. The number of aromatic nitrogens is 3. The van der Waals surface area contributed by atoms with Crippen LogP contribution in [0, 0.1) is 5.92 Å². The molecule has 0 unspecified atom stereocenters. The lowest BCUT2D eigenvalue weighted by Gasteiger charge is -2.35. The van der Waals surface area contributed by atoms with Gasteiger partial charge in [0.25, 0.3) is 0 Å². The molecule has 2 aromatic heterocycles. The topological polar surface area (TPSA) is 65.5 Å². The summed E-state index contributed by atoms with van der Waals surface area (Å²) in [5.41, 5.74) is 4.91. The minimum absolute atomic E-state index is 0.00447. The van der Waals surface area contributed by atoms with Gasteiger partial charge in [-0.2, -0.15) is 0 Å². The van der Waals surface area contributed by atoms with E-state index in [2.05, 4.69) is 49.0 Å². The molecular formula is C25H30N6O. The molecule has 1 atom stereocenters. The SMILES string of the molecule is CN(Cc1ccc(N2CCCC2)cc1)C(=O)[C@@H]1CCCN(c2cnc3nccnc3c2)C1. The molecule has 7 heteroatoms. The molecule has 0 N–H and O–H groups in total. The molecule has 1 amide bonds. The van der Waals surface area contributed by atoms with Gasteiger partial charge in [0, 0.05) is 57.9 Å². The van der Waals surface area contributed by atoms with Crippen LogP contribution in [0.4, 0.5) is 11.4 Å². The maximum Gasteiger partial charge on any atom is 0.227 e. The summed E-state index contributed by atoms with van der Waals surface area (Å²) >= 11 is 0. The van der Waals surface area contributed by atoms with Crippen LogP contribution < -0.4 is 9.80 Å². The van der Waals surface area contributed by atoms with Crippen molar-refractivity contribution in [1.29, 1.82) is 0 Å². The van der Waals surface area contributed by atoms with Gasteiger partial charge in [0.2, 0.25) is 5.91 Å². The number of rotatable bonds is 5. The number of fused-ring (bicyclic) bond motifs is 1. The molecule has 32 heavy (non-hydrogen) atoms. The molecule has 166 valence electrons. The van der Waals surface area contributed by atoms with Crippen LogP contribution in [0.5, 0.6) is 0 Å². The highest BCUT2D eigenvalue weighted by molar-refractivity contribution is 5.80. The molecular weight excluding hydrogens is 400 g/mol. The van der Waals surface area contributed by atoms with E-state index in [1.54, 1.807) is 12.4 Å².